The van der Waals surface area contributed by atoms with Crippen LogP contribution in [-0.2, 0) is 4.74 Å². The van der Waals surface area contributed by atoms with Gasteiger partial charge in [-0.2, -0.15) is 17.6 Å². The van der Waals surface area contributed by atoms with Crippen LogP contribution in [0.3, 0.4) is 0 Å². The van der Waals surface area contributed by atoms with Gasteiger partial charge in [0.25, 0.3) is 5.76 Å². The lowest BCUT2D eigenvalue weighted by Crippen LogP contribution is -2.22. The Morgan fingerprint density at radius 3 is 1.76 bits per heavy atom. The maximum atomic E-state index is 13.0. The summed E-state index contributed by atoms with van der Waals surface area (Å²) in [5.41, 5.74) is 0. The van der Waals surface area contributed by atoms with Gasteiger partial charge in [-0.1, -0.05) is 23.2 Å². The van der Waals surface area contributed by atoms with Crippen molar-refractivity contribution in [2.24, 2.45) is 0 Å². The molecular formula is C10H3Cl2F7O2. The molecule has 0 fully saturated rings. The van der Waals surface area contributed by atoms with Crippen LogP contribution in [0.2, 0.25) is 10.0 Å². The van der Waals surface area contributed by atoms with E-state index in [0.717, 1.165) is 18.2 Å². The Labute approximate surface area is 122 Å². The normalized spacial score (nSPS) is 13.8. The third kappa shape index (κ3) is 5.88. The van der Waals surface area contributed by atoms with Gasteiger partial charge in [0.15, 0.2) is 0 Å². The van der Waals surface area contributed by atoms with Crippen molar-refractivity contribution in [3.63, 3.8) is 0 Å². The minimum absolute atomic E-state index is 0.170. The molecule has 0 aliphatic heterocycles. The van der Waals surface area contributed by atoms with Crippen LogP contribution < -0.4 is 4.74 Å². The molecule has 2 nitrogen and oxygen atoms in total. The summed E-state index contributed by atoms with van der Waals surface area (Å²) in [4.78, 5) is 0. The molecule has 0 saturated heterocycles. The molecule has 1 rings (SSSR count). The number of hydrogen-bond donors (Lipinski definition) is 0. The highest BCUT2D eigenvalue weighted by Gasteiger charge is 2.45. The Balaban J connectivity index is 3.18. The van der Waals surface area contributed by atoms with Gasteiger partial charge < -0.3 is 9.47 Å². The summed E-state index contributed by atoms with van der Waals surface area (Å²) in [5, 5.41) is -0.340. The maximum Gasteiger partial charge on any atom is 0.574 e. The number of halogens is 9. The molecule has 0 unspecified atom stereocenters. The van der Waals surface area contributed by atoms with Crippen LogP contribution in [0.1, 0.15) is 0 Å². The van der Waals surface area contributed by atoms with E-state index in [1.165, 1.54) is 0 Å². The molecule has 0 radical (unpaired) electrons. The molecule has 0 bridgehead atoms. The summed E-state index contributed by atoms with van der Waals surface area (Å²) in [6.45, 7) is 0. The van der Waals surface area contributed by atoms with Gasteiger partial charge in [-0.25, -0.2) is 0 Å². The molecule has 1 aromatic carbocycles. The van der Waals surface area contributed by atoms with Crippen LogP contribution in [0.15, 0.2) is 30.0 Å². The van der Waals surface area contributed by atoms with Crippen LogP contribution in [0.5, 0.6) is 5.75 Å². The van der Waals surface area contributed by atoms with Crippen molar-refractivity contribution in [1.29, 1.82) is 0 Å². The van der Waals surface area contributed by atoms with Crippen molar-refractivity contribution in [2.75, 3.05) is 0 Å². The molecular weight excluding hydrogens is 356 g/mol. The van der Waals surface area contributed by atoms with E-state index >= 15 is 0 Å². The average Bonchev–Trinajstić information content (AvgIpc) is 2.20. The molecule has 0 saturated carbocycles. The van der Waals surface area contributed by atoms with Gasteiger partial charge in [-0.15, -0.1) is 13.2 Å². The highest BCUT2D eigenvalue weighted by molar-refractivity contribution is 6.34. The van der Waals surface area contributed by atoms with Crippen LogP contribution in [-0.4, -0.2) is 12.5 Å². The van der Waals surface area contributed by atoms with Crippen LogP contribution in [0, 0.1) is 0 Å². The third-order valence-corrected chi connectivity index (χ3v) is 2.13. The van der Waals surface area contributed by atoms with E-state index in [0.29, 0.717) is 0 Å². The zero-order chi connectivity index (χ0) is 16.4. The predicted octanol–water partition coefficient (Wildman–Crippen LogP) is 5.61. The summed E-state index contributed by atoms with van der Waals surface area (Å²) >= 11 is 10.9. The summed E-state index contributed by atoms with van der Waals surface area (Å²) in [6.07, 6.45) is -11.2. The summed E-state index contributed by atoms with van der Waals surface area (Å²) < 4.78 is 92.3. The van der Waals surface area contributed by atoms with Crippen LogP contribution in [0.4, 0.5) is 30.7 Å². The molecule has 118 valence electrons. The quantitative estimate of drug-likeness (QED) is 0.516. The van der Waals surface area contributed by atoms with E-state index in [4.69, 9.17) is 23.2 Å². The van der Waals surface area contributed by atoms with E-state index in [1.807, 2.05) is 0 Å². The Morgan fingerprint density at radius 2 is 1.38 bits per heavy atom. The van der Waals surface area contributed by atoms with E-state index in [9.17, 15) is 30.7 Å². The molecule has 21 heavy (non-hydrogen) atoms. The molecule has 0 amide bonds. The maximum absolute atomic E-state index is 13.0. The SMILES string of the molecule is F/C(OC(F)(F)F)=C(\Oc1cc(Cl)cc(Cl)c1)C(F)(F)F. The van der Waals surface area contributed by atoms with Gasteiger partial charge >= 0.3 is 18.6 Å². The number of alkyl halides is 6. The van der Waals surface area contributed by atoms with Gasteiger partial charge in [0.2, 0.25) is 0 Å². The first kappa shape index (κ1) is 17.7. The monoisotopic (exact) mass is 358 g/mol. The van der Waals surface area contributed by atoms with E-state index in [-0.39, 0.29) is 10.0 Å². The third-order valence-electron chi connectivity index (χ3n) is 1.70. The fourth-order valence-electron chi connectivity index (χ4n) is 1.06. The zero-order valence-electron chi connectivity index (χ0n) is 9.45. The predicted molar refractivity (Wildman–Crippen MR) is 58.4 cm³/mol. The van der Waals surface area contributed by atoms with Gasteiger partial charge in [-0.3, -0.25) is 0 Å². The minimum Gasteiger partial charge on any atom is -0.447 e. The molecule has 0 heterocycles. The Bertz CT molecular complexity index is 531. The second-order valence-electron chi connectivity index (χ2n) is 3.36. The number of benzene rings is 1. The first-order valence-corrected chi connectivity index (χ1v) is 5.51. The Morgan fingerprint density at radius 1 is 0.905 bits per heavy atom. The Hall–Kier alpha value is -1.35. The topological polar surface area (TPSA) is 18.5 Å². The standard InChI is InChI=1S/C10H3Cl2F7O2/c11-4-1-5(12)3-6(2-4)20-7(9(14,15)16)8(13)21-10(17,18)19/h1-3H/b8-7+. The summed E-state index contributed by atoms with van der Waals surface area (Å²) in [7, 11) is 0. The zero-order valence-corrected chi connectivity index (χ0v) is 11.0. The fourth-order valence-corrected chi connectivity index (χ4v) is 1.57. The summed E-state index contributed by atoms with van der Waals surface area (Å²) in [6, 6.07) is -0.290. The molecule has 0 aromatic heterocycles. The molecule has 0 N–H and O–H groups in total. The molecule has 11 heteroatoms. The lowest BCUT2D eigenvalue weighted by atomic mass is 10.3. The molecule has 1 aromatic rings. The molecule has 0 aliphatic rings. The number of rotatable bonds is 3. The largest absolute Gasteiger partial charge is 0.574 e. The smallest absolute Gasteiger partial charge is 0.447 e. The van der Waals surface area contributed by atoms with Gasteiger partial charge in [0, 0.05) is 10.0 Å². The number of hydrogen-bond acceptors (Lipinski definition) is 2. The second kappa shape index (κ2) is 6.18. The van der Waals surface area contributed by atoms with Crippen molar-refractivity contribution < 1.29 is 40.2 Å². The molecule has 0 atom stereocenters. The lowest BCUT2D eigenvalue weighted by Gasteiger charge is -2.15. The van der Waals surface area contributed by atoms with Crippen molar-refractivity contribution in [3.05, 3.63) is 40.0 Å². The van der Waals surface area contributed by atoms with Gasteiger partial charge in [0.1, 0.15) is 5.75 Å². The molecule has 0 spiro atoms. The summed E-state index contributed by atoms with van der Waals surface area (Å²) in [5.74, 6) is -3.35. The van der Waals surface area contributed by atoms with Crippen molar-refractivity contribution in [1.82, 2.24) is 0 Å². The van der Waals surface area contributed by atoms with Crippen molar-refractivity contribution >= 4 is 23.2 Å². The number of allylic oxidation sites excluding steroid dienone is 1. The van der Waals surface area contributed by atoms with E-state index in [1.54, 1.807) is 0 Å². The highest BCUT2D eigenvalue weighted by Crippen LogP contribution is 2.35. The van der Waals surface area contributed by atoms with E-state index in [2.05, 4.69) is 9.47 Å². The fraction of sp³-hybridized carbons (Fsp3) is 0.200. The second-order valence-corrected chi connectivity index (χ2v) is 4.23. The van der Waals surface area contributed by atoms with Gasteiger partial charge in [0.05, 0.1) is 0 Å². The highest BCUT2D eigenvalue weighted by atomic mass is 35.5. The van der Waals surface area contributed by atoms with Crippen LogP contribution >= 0.6 is 23.2 Å². The average molecular weight is 359 g/mol. The Kier molecular flexibility index (Phi) is 5.21. The van der Waals surface area contributed by atoms with E-state index < -0.39 is 30.1 Å². The van der Waals surface area contributed by atoms with Crippen LogP contribution in [0.25, 0.3) is 0 Å². The van der Waals surface area contributed by atoms with Gasteiger partial charge in [-0.05, 0) is 18.2 Å². The number of ether oxygens (including phenoxy) is 2. The first-order valence-electron chi connectivity index (χ1n) is 4.75. The van der Waals surface area contributed by atoms with Crippen molar-refractivity contribution in [2.45, 2.75) is 12.5 Å². The van der Waals surface area contributed by atoms with Crippen molar-refractivity contribution in [3.8, 4) is 5.75 Å². The molecule has 0 aliphatic carbocycles. The first-order chi connectivity index (χ1) is 9.38. The minimum atomic E-state index is -5.66. The lowest BCUT2D eigenvalue weighted by molar-refractivity contribution is -0.316.